The van der Waals surface area contributed by atoms with Gasteiger partial charge in [0.05, 0.1) is 22.6 Å². The number of aryl methyl sites for hydroxylation is 2. The Hall–Kier alpha value is -2.95. The van der Waals surface area contributed by atoms with Crippen LogP contribution in [0.5, 0.6) is 0 Å². The number of H-pyrrole nitrogens is 1. The van der Waals surface area contributed by atoms with Crippen molar-refractivity contribution in [2.75, 3.05) is 0 Å². The van der Waals surface area contributed by atoms with Crippen LogP contribution in [0.1, 0.15) is 44.0 Å². The molecule has 0 aliphatic carbocycles. The highest BCUT2D eigenvalue weighted by Gasteiger charge is 2.17. The molecule has 2 aromatic carbocycles. The fraction of sp³-hybridized carbons (Fsp3) is 0.273. The molecule has 3 rings (SSSR count). The van der Waals surface area contributed by atoms with E-state index in [2.05, 4.69) is 18.9 Å². The zero-order valence-electron chi connectivity index (χ0n) is 15.9. The van der Waals surface area contributed by atoms with Crippen molar-refractivity contribution in [3.63, 3.8) is 0 Å². The summed E-state index contributed by atoms with van der Waals surface area (Å²) >= 11 is 0. The number of aromatic nitrogens is 2. The highest BCUT2D eigenvalue weighted by atomic mass is 19.1. The monoisotopic (exact) mass is 365 g/mol. The predicted molar refractivity (Wildman–Crippen MR) is 108 cm³/mol. The number of hydrogen-bond donors (Lipinski definition) is 1. The molecule has 0 aliphatic rings. The first-order chi connectivity index (χ1) is 13.0. The van der Waals surface area contributed by atoms with Crippen LogP contribution in [-0.4, -0.2) is 15.5 Å². The second kappa shape index (κ2) is 8.16. The van der Waals surface area contributed by atoms with Crippen LogP contribution in [0.4, 0.5) is 10.1 Å². The number of benzene rings is 2. The number of nitrogens with one attached hydrogen (secondary N) is 1. The van der Waals surface area contributed by atoms with Crippen LogP contribution in [0.3, 0.4) is 0 Å². The quantitative estimate of drug-likeness (QED) is 0.617. The van der Waals surface area contributed by atoms with Gasteiger partial charge in [0.15, 0.2) is 0 Å². The van der Waals surface area contributed by atoms with Gasteiger partial charge in [-0.3, -0.25) is 14.9 Å². The lowest BCUT2D eigenvalue weighted by Crippen LogP contribution is -2.19. The van der Waals surface area contributed by atoms with Gasteiger partial charge in [-0.05, 0) is 55.7 Å². The third-order valence-electron chi connectivity index (χ3n) is 4.57. The van der Waals surface area contributed by atoms with E-state index in [9.17, 15) is 9.18 Å². The summed E-state index contributed by atoms with van der Waals surface area (Å²) in [4.78, 5) is 17.8. The standard InChI is InChI=1S/C22H24FN3O/c1-4-8-20-21(15(3)24-19-10-7-6-9-16(19)5-2)22(27)26(25-20)18-13-11-17(23)12-14-18/h6-7,9-14,25H,4-5,8H2,1-3H3. The molecule has 0 fully saturated rings. The minimum atomic E-state index is -0.332. The third kappa shape index (κ3) is 3.92. The first kappa shape index (κ1) is 18.8. The van der Waals surface area contributed by atoms with Crippen LogP contribution < -0.4 is 5.56 Å². The molecule has 0 radical (unpaired) electrons. The van der Waals surface area contributed by atoms with Crippen LogP contribution in [0, 0.1) is 5.82 Å². The number of para-hydroxylation sites is 1. The number of aromatic amines is 1. The Kier molecular flexibility index (Phi) is 5.69. The van der Waals surface area contributed by atoms with Gasteiger partial charge in [0.25, 0.3) is 5.56 Å². The molecule has 0 saturated heterocycles. The van der Waals surface area contributed by atoms with Gasteiger partial charge in [-0.25, -0.2) is 9.07 Å². The van der Waals surface area contributed by atoms with Crippen molar-refractivity contribution >= 4 is 11.4 Å². The SMILES string of the molecule is CCCc1[nH]n(-c2ccc(F)cc2)c(=O)c1C(C)=Nc1ccccc1CC. The summed E-state index contributed by atoms with van der Waals surface area (Å²) in [6.07, 6.45) is 2.51. The number of aliphatic imine (C=N–C) groups is 1. The second-order valence-electron chi connectivity index (χ2n) is 6.51. The molecule has 0 unspecified atom stereocenters. The molecule has 0 amide bonds. The molecule has 1 heterocycles. The summed E-state index contributed by atoms with van der Waals surface area (Å²) in [7, 11) is 0. The normalized spacial score (nSPS) is 11.8. The van der Waals surface area contributed by atoms with Gasteiger partial charge in [0, 0.05) is 5.69 Å². The van der Waals surface area contributed by atoms with Gasteiger partial charge in [-0.2, -0.15) is 0 Å². The smallest absolute Gasteiger partial charge is 0.280 e. The first-order valence-electron chi connectivity index (χ1n) is 9.28. The molecular weight excluding hydrogens is 341 g/mol. The number of rotatable bonds is 6. The van der Waals surface area contributed by atoms with E-state index in [1.807, 2.05) is 31.2 Å². The second-order valence-corrected chi connectivity index (χ2v) is 6.51. The van der Waals surface area contributed by atoms with Crippen LogP contribution in [0.25, 0.3) is 5.69 Å². The molecule has 0 aliphatic heterocycles. The molecule has 3 aromatic rings. The van der Waals surface area contributed by atoms with Crippen molar-refractivity contribution in [3.8, 4) is 5.69 Å². The molecule has 0 saturated carbocycles. The lowest BCUT2D eigenvalue weighted by Gasteiger charge is -2.05. The predicted octanol–water partition coefficient (Wildman–Crippen LogP) is 4.96. The van der Waals surface area contributed by atoms with Crippen molar-refractivity contribution in [2.45, 2.75) is 40.0 Å². The largest absolute Gasteiger partial charge is 0.294 e. The van der Waals surface area contributed by atoms with Gasteiger partial charge in [0.1, 0.15) is 5.82 Å². The molecule has 4 nitrogen and oxygen atoms in total. The Labute approximate surface area is 158 Å². The van der Waals surface area contributed by atoms with Gasteiger partial charge in [-0.1, -0.05) is 38.5 Å². The minimum Gasteiger partial charge on any atom is -0.294 e. The number of halogens is 1. The van der Waals surface area contributed by atoms with Crippen LogP contribution >= 0.6 is 0 Å². The van der Waals surface area contributed by atoms with Gasteiger partial charge in [0.2, 0.25) is 0 Å². The summed E-state index contributed by atoms with van der Waals surface area (Å²) in [5, 5.41) is 3.18. The summed E-state index contributed by atoms with van der Waals surface area (Å²) in [5.74, 6) is -0.332. The van der Waals surface area contributed by atoms with Crippen LogP contribution in [0.2, 0.25) is 0 Å². The van der Waals surface area contributed by atoms with Crippen molar-refractivity contribution in [3.05, 3.63) is 81.5 Å². The van der Waals surface area contributed by atoms with Crippen molar-refractivity contribution in [1.29, 1.82) is 0 Å². The van der Waals surface area contributed by atoms with E-state index in [1.54, 1.807) is 12.1 Å². The minimum absolute atomic E-state index is 0.166. The Bertz CT molecular complexity index is 1010. The molecule has 1 aromatic heterocycles. The molecule has 0 spiro atoms. The topological polar surface area (TPSA) is 50.1 Å². The highest BCUT2D eigenvalue weighted by Crippen LogP contribution is 2.21. The van der Waals surface area contributed by atoms with Gasteiger partial charge in [-0.15, -0.1) is 0 Å². The summed E-state index contributed by atoms with van der Waals surface area (Å²) in [5.41, 5.74) is 4.58. The number of nitrogens with zero attached hydrogens (tertiary/aromatic N) is 2. The van der Waals surface area contributed by atoms with Crippen molar-refractivity contribution in [1.82, 2.24) is 9.78 Å². The van der Waals surface area contributed by atoms with E-state index in [1.165, 1.54) is 16.8 Å². The van der Waals surface area contributed by atoms with E-state index in [4.69, 9.17) is 4.99 Å². The average Bonchev–Trinajstić information content (AvgIpc) is 2.99. The molecular formula is C22H24FN3O. The van der Waals surface area contributed by atoms with Crippen molar-refractivity contribution < 1.29 is 4.39 Å². The zero-order chi connectivity index (χ0) is 19.4. The molecule has 0 bridgehead atoms. The molecule has 0 atom stereocenters. The summed E-state index contributed by atoms with van der Waals surface area (Å²) < 4.78 is 14.7. The van der Waals surface area contributed by atoms with Crippen LogP contribution in [0.15, 0.2) is 58.3 Å². The summed E-state index contributed by atoms with van der Waals surface area (Å²) in [6.45, 7) is 6.02. The fourth-order valence-corrected chi connectivity index (χ4v) is 3.21. The Morgan fingerprint density at radius 3 is 2.48 bits per heavy atom. The Balaban J connectivity index is 2.12. The lowest BCUT2D eigenvalue weighted by atomic mass is 10.1. The average molecular weight is 365 g/mol. The van der Waals surface area contributed by atoms with E-state index in [0.29, 0.717) is 17.0 Å². The highest BCUT2D eigenvalue weighted by molar-refractivity contribution is 6.01. The summed E-state index contributed by atoms with van der Waals surface area (Å²) in [6, 6.07) is 13.8. The molecule has 1 N–H and O–H groups in total. The third-order valence-corrected chi connectivity index (χ3v) is 4.57. The molecule has 5 heteroatoms. The van der Waals surface area contributed by atoms with Gasteiger partial charge >= 0.3 is 0 Å². The van der Waals surface area contributed by atoms with E-state index in [-0.39, 0.29) is 11.4 Å². The van der Waals surface area contributed by atoms with E-state index in [0.717, 1.165) is 36.2 Å². The lowest BCUT2D eigenvalue weighted by molar-refractivity contribution is 0.626. The molecule has 27 heavy (non-hydrogen) atoms. The maximum Gasteiger partial charge on any atom is 0.280 e. The first-order valence-corrected chi connectivity index (χ1v) is 9.28. The van der Waals surface area contributed by atoms with Crippen LogP contribution in [-0.2, 0) is 12.8 Å². The van der Waals surface area contributed by atoms with E-state index >= 15 is 0 Å². The Morgan fingerprint density at radius 1 is 1.11 bits per heavy atom. The van der Waals surface area contributed by atoms with E-state index < -0.39 is 0 Å². The van der Waals surface area contributed by atoms with Crippen molar-refractivity contribution in [2.24, 2.45) is 4.99 Å². The zero-order valence-corrected chi connectivity index (χ0v) is 15.9. The van der Waals surface area contributed by atoms with Gasteiger partial charge < -0.3 is 0 Å². The molecule has 140 valence electrons. The Morgan fingerprint density at radius 2 is 1.81 bits per heavy atom. The maximum atomic E-state index is 13.2. The number of hydrogen-bond acceptors (Lipinski definition) is 2. The fourth-order valence-electron chi connectivity index (χ4n) is 3.21. The maximum absolute atomic E-state index is 13.2.